The molecule has 3 aliphatic rings. The zero-order valence-corrected chi connectivity index (χ0v) is 14.3. The summed E-state index contributed by atoms with van der Waals surface area (Å²) >= 11 is 0. The van der Waals surface area contributed by atoms with Gasteiger partial charge in [-0.05, 0) is 63.7 Å². The fourth-order valence-electron chi connectivity index (χ4n) is 4.11. The predicted octanol–water partition coefficient (Wildman–Crippen LogP) is 3.13. The molecule has 23 heavy (non-hydrogen) atoms. The molecule has 0 bridgehead atoms. The Bertz CT molecular complexity index is 458. The van der Waals surface area contributed by atoms with E-state index in [0.29, 0.717) is 18.2 Å². The van der Waals surface area contributed by atoms with Crippen molar-refractivity contribution in [1.29, 1.82) is 0 Å². The standard InChI is InChI=1S/C19H30N2O2/c22-18(20-12-4-5-13-20)9-8-16-10-14-21(15-11-16)19(23)17-6-2-1-3-7-17/h6,16H,1-5,7-15H2. The van der Waals surface area contributed by atoms with Crippen LogP contribution in [0.5, 0.6) is 0 Å². The van der Waals surface area contributed by atoms with Crippen LogP contribution in [0.2, 0.25) is 0 Å². The van der Waals surface area contributed by atoms with E-state index in [2.05, 4.69) is 6.08 Å². The van der Waals surface area contributed by atoms with Gasteiger partial charge in [-0.15, -0.1) is 0 Å². The molecular formula is C19H30N2O2. The number of carbonyl (C=O) groups excluding carboxylic acids is 2. The van der Waals surface area contributed by atoms with E-state index in [4.69, 9.17) is 0 Å². The molecule has 0 atom stereocenters. The Hall–Kier alpha value is -1.32. The van der Waals surface area contributed by atoms with Crippen molar-refractivity contribution in [1.82, 2.24) is 9.80 Å². The molecule has 2 aliphatic heterocycles. The largest absolute Gasteiger partial charge is 0.343 e. The van der Waals surface area contributed by atoms with Crippen LogP contribution in [-0.4, -0.2) is 47.8 Å². The smallest absolute Gasteiger partial charge is 0.249 e. The molecule has 2 heterocycles. The third-order valence-corrected chi connectivity index (χ3v) is 5.69. The maximum atomic E-state index is 12.5. The Morgan fingerprint density at radius 1 is 0.957 bits per heavy atom. The highest BCUT2D eigenvalue weighted by Gasteiger charge is 2.26. The van der Waals surface area contributed by atoms with E-state index >= 15 is 0 Å². The van der Waals surface area contributed by atoms with Crippen molar-refractivity contribution in [2.75, 3.05) is 26.2 Å². The molecular weight excluding hydrogens is 288 g/mol. The van der Waals surface area contributed by atoms with E-state index in [0.717, 1.165) is 70.3 Å². The Morgan fingerprint density at radius 3 is 2.35 bits per heavy atom. The molecule has 1 aliphatic carbocycles. The number of piperidine rings is 1. The number of rotatable bonds is 4. The summed E-state index contributed by atoms with van der Waals surface area (Å²) < 4.78 is 0. The van der Waals surface area contributed by atoms with Gasteiger partial charge in [0, 0.05) is 38.2 Å². The highest BCUT2D eigenvalue weighted by atomic mass is 16.2. The first-order valence-corrected chi connectivity index (χ1v) is 9.50. The van der Waals surface area contributed by atoms with Crippen molar-refractivity contribution in [2.24, 2.45) is 5.92 Å². The molecule has 2 amide bonds. The van der Waals surface area contributed by atoms with E-state index in [9.17, 15) is 9.59 Å². The third kappa shape index (κ3) is 4.36. The van der Waals surface area contributed by atoms with Gasteiger partial charge in [0.15, 0.2) is 0 Å². The predicted molar refractivity (Wildman–Crippen MR) is 90.9 cm³/mol. The van der Waals surface area contributed by atoms with Crippen molar-refractivity contribution in [3.05, 3.63) is 11.6 Å². The Kier molecular flexibility index (Phi) is 5.74. The van der Waals surface area contributed by atoms with Crippen LogP contribution >= 0.6 is 0 Å². The van der Waals surface area contributed by atoms with Crippen LogP contribution in [0.25, 0.3) is 0 Å². The van der Waals surface area contributed by atoms with E-state index in [1.807, 2.05) is 9.80 Å². The monoisotopic (exact) mass is 318 g/mol. The Labute approximate surface area is 139 Å². The van der Waals surface area contributed by atoms with Gasteiger partial charge in [0.1, 0.15) is 0 Å². The van der Waals surface area contributed by atoms with Gasteiger partial charge in [0.25, 0.3) is 0 Å². The first-order valence-electron chi connectivity index (χ1n) is 9.50. The fraction of sp³-hybridized carbons (Fsp3) is 0.789. The molecule has 0 saturated carbocycles. The Morgan fingerprint density at radius 2 is 1.70 bits per heavy atom. The average molecular weight is 318 g/mol. The molecule has 4 heteroatoms. The average Bonchev–Trinajstić information content (AvgIpc) is 3.15. The summed E-state index contributed by atoms with van der Waals surface area (Å²) in [5.74, 6) is 1.23. The molecule has 0 aromatic carbocycles. The van der Waals surface area contributed by atoms with Crippen molar-refractivity contribution in [3.63, 3.8) is 0 Å². The van der Waals surface area contributed by atoms with Gasteiger partial charge < -0.3 is 9.80 Å². The van der Waals surface area contributed by atoms with Crippen molar-refractivity contribution in [3.8, 4) is 0 Å². The maximum absolute atomic E-state index is 12.5. The van der Waals surface area contributed by atoms with E-state index in [1.165, 1.54) is 19.3 Å². The summed E-state index contributed by atoms with van der Waals surface area (Å²) in [5.41, 5.74) is 1.04. The van der Waals surface area contributed by atoms with Gasteiger partial charge in [-0.3, -0.25) is 9.59 Å². The molecule has 0 unspecified atom stereocenters. The molecule has 0 radical (unpaired) electrons. The van der Waals surface area contributed by atoms with E-state index < -0.39 is 0 Å². The molecule has 4 nitrogen and oxygen atoms in total. The van der Waals surface area contributed by atoms with Crippen LogP contribution in [0.4, 0.5) is 0 Å². The van der Waals surface area contributed by atoms with Gasteiger partial charge in [-0.2, -0.15) is 0 Å². The van der Waals surface area contributed by atoms with Crippen LogP contribution in [0, 0.1) is 5.92 Å². The van der Waals surface area contributed by atoms with Crippen LogP contribution in [-0.2, 0) is 9.59 Å². The van der Waals surface area contributed by atoms with Gasteiger partial charge in [-0.1, -0.05) is 6.08 Å². The van der Waals surface area contributed by atoms with Gasteiger partial charge in [0.2, 0.25) is 11.8 Å². The zero-order valence-electron chi connectivity index (χ0n) is 14.3. The second-order valence-corrected chi connectivity index (χ2v) is 7.34. The summed E-state index contributed by atoms with van der Waals surface area (Å²) in [4.78, 5) is 28.7. The summed E-state index contributed by atoms with van der Waals surface area (Å²) in [5, 5.41) is 0. The summed E-state index contributed by atoms with van der Waals surface area (Å²) in [6.07, 6.45) is 12.7. The topological polar surface area (TPSA) is 40.6 Å². The van der Waals surface area contributed by atoms with Crippen molar-refractivity contribution < 1.29 is 9.59 Å². The number of hydrogen-bond acceptors (Lipinski definition) is 2. The molecule has 0 spiro atoms. The lowest BCUT2D eigenvalue weighted by Gasteiger charge is -2.33. The quantitative estimate of drug-likeness (QED) is 0.799. The molecule has 2 saturated heterocycles. The van der Waals surface area contributed by atoms with Gasteiger partial charge >= 0.3 is 0 Å². The lowest BCUT2D eigenvalue weighted by Crippen LogP contribution is -2.39. The fourth-order valence-corrected chi connectivity index (χ4v) is 4.11. The third-order valence-electron chi connectivity index (χ3n) is 5.69. The normalized spacial score (nSPS) is 23.0. The SMILES string of the molecule is O=C(CCC1CCN(C(=O)C2=CCCCC2)CC1)N1CCCC1. The molecule has 0 N–H and O–H groups in total. The lowest BCUT2D eigenvalue weighted by atomic mass is 9.91. The molecule has 128 valence electrons. The molecule has 3 rings (SSSR count). The second-order valence-electron chi connectivity index (χ2n) is 7.34. The molecule has 2 fully saturated rings. The summed E-state index contributed by atoms with van der Waals surface area (Å²) in [6, 6.07) is 0. The Balaban J connectivity index is 1.39. The van der Waals surface area contributed by atoms with E-state index in [1.54, 1.807) is 0 Å². The number of carbonyl (C=O) groups is 2. The lowest BCUT2D eigenvalue weighted by molar-refractivity contribution is -0.131. The summed E-state index contributed by atoms with van der Waals surface area (Å²) in [6.45, 7) is 3.67. The van der Waals surface area contributed by atoms with Crippen molar-refractivity contribution in [2.45, 2.75) is 64.2 Å². The second kappa shape index (κ2) is 7.98. The number of allylic oxidation sites excluding steroid dienone is 1. The summed E-state index contributed by atoms with van der Waals surface area (Å²) in [7, 11) is 0. The number of hydrogen-bond donors (Lipinski definition) is 0. The minimum atomic E-state index is 0.274. The molecule has 0 aromatic heterocycles. The molecule has 0 aromatic rings. The van der Waals surface area contributed by atoms with Crippen molar-refractivity contribution >= 4 is 11.8 Å². The number of amides is 2. The number of likely N-dealkylation sites (tertiary alicyclic amines) is 2. The minimum absolute atomic E-state index is 0.274. The first-order chi connectivity index (χ1) is 11.2. The van der Waals surface area contributed by atoms with Crippen LogP contribution in [0.15, 0.2) is 11.6 Å². The highest BCUT2D eigenvalue weighted by molar-refractivity contribution is 5.93. The first kappa shape index (κ1) is 16.5. The zero-order chi connectivity index (χ0) is 16.1. The van der Waals surface area contributed by atoms with E-state index in [-0.39, 0.29) is 5.91 Å². The maximum Gasteiger partial charge on any atom is 0.249 e. The van der Waals surface area contributed by atoms with Gasteiger partial charge in [-0.25, -0.2) is 0 Å². The highest BCUT2D eigenvalue weighted by Crippen LogP contribution is 2.26. The minimum Gasteiger partial charge on any atom is -0.343 e. The van der Waals surface area contributed by atoms with Crippen LogP contribution in [0.1, 0.15) is 64.2 Å². The number of nitrogens with zero attached hydrogens (tertiary/aromatic N) is 2. The van der Waals surface area contributed by atoms with Gasteiger partial charge in [0.05, 0.1) is 0 Å². The van der Waals surface area contributed by atoms with Crippen LogP contribution < -0.4 is 0 Å². The van der Waals surface area contributed by atoms with Crippen LogP contribution in [0.3, 0.4) is 0 Å².